The van der Waals surface area contributed by atoms with Crippen molar-refractivity contribution in [2.24, 2.45) is 0 Å². The molecule has 16 heteroatoms. The fourth-order valence-corrected chi connectivity index (χ4v) is 6.15. The largest absolute Gasteiger partial charge is 0.494 e. The summed E-state index contributed by atoms with van der Waals surface area (Å²) < 4.78 is 59.1. The van der Waals surface area contributed by atoms with Crippen LogP contribution < -0.4 is 29.9 Å². The second-order valence-corrected chi connectivity index (χ2v) is 14.9. The number of benzene rings is 2. The summed E-state index contributed by atoms with van der Waals surface area (Å²) in [7, 11) is 4.11. The van der Waals surface area contributed by atoms with Crippen molar-refractivity contribution in [2.75, 3.05) is 74.4 Å². The topological polar surface area (TPSA) is 151 Å². The molecule has 1 aliphatic rings. The Morgan fingerprint density at radius 3 is 2.02 bits per heavy atom. The molecule has 1 unspecified atom stereocenters. The van der Waals surface area contributed by atoms with Gasteiger partial charge in [0.15, 0.2) is 34.5 Å². The van der Waals surface area contributed by atoms with Gasteiger partial charge in [0.1, 0.15) is 28.8 Å². The number of pyridine rings is 1. The number of carbonyl (C=O) groups is 2. The summed E-state index contributed by atoms with van der Waals surface area (Å²) in [4.78, 5) is 37.7. The molecule has 4 aromatic rings. The first kappa shape index (κ1) is 40.8. The van der Waals surface area contributed by atoms with E-state index in [1.54, 1.807) is 48.6 Å². The molecule has 0 saturated carbocycles. The number of aliphatic hydroxyl groups is 1. The number of anilines is 5. The maximum atomic E-state index is 15.8. The molecule has 1 atom stereocenters. The van der Waals surface area contributed by atoms with Crippen LogP contribution in [-0.4, -0.2) is 92.4 Å². The summed E-state index contributed by atoms with van der Waals surface area (Å²) in [5.74, 6) is -3.77. The van der Waals surface area contributed by atoms with Gasteiger partial charge in [0, 0.05) is 45.0 Å². The lowest BCUT2D eigenvalue weighted by atomic mass is 10.0. The van der Waals surface area contributed by atoms with Crippen LogP contribution in [0.3, 0.4) is 0 Å². The number of amides is 2. The summed E-state index contributed by atoms with van der Waals surface area (Å²) in [5, 5.41) is 18.4. The van der Waals surface area contributed by atoms with E-state index >= 15 is 8.78 Å². The highest BCUT2D eigenvalue weighted by atomic mass is 19.1. The second kappa shape index (κ2) is 16.2. The highest BCUT2D eigenvalue weighted by molar-refractivity contribution is 6.15. The molecule has 1 aliphatic heterocycles. The number of ether oxygens (including phenoxy) is 4. The average Bonchev–Trinajstić information content (AvgIpc) is 3.48. The van der Waals surface area contributed by atoms with Gasteiger partial charge in [0.25, 0.3) is 0 Å². The molecule has 2 aromatic heterocycles. The number of hydrogen-bond donors (Lipinski definition) is 3. The Labute approximate surface area is 319 Å². The number of piperazine rings is 1. The van der Waals surface area contributed by atoms with Crippen molar-refractivity contribution >= 4 is 51.7 Å². The van der Waals surface area contributed by atoms with E-state index in [-0.39, 0.29) is 16.8 Å². The van der Waals surface area contributed by atoms with E-state index in [0.717, 1.165) is 64.4 Å². The number of hydrogen-bond acceptors (Lipinski definition) is 13. The number of methoxy groups -OCH3 is 2. The molecule has 2 amide bonds. The predicted molar refractivity (Wildman–Crippen MR) is 206 cm³/mol. The van der Waals surface area contributed by atoms with Crippen LogP contribution in [-0.2, 0) is 9.47 Å². The van der Waals surface area contributed by atoms with Crippen molar-refractivity contribution < 1.29 is 46.8 Å². The summed E-state index contributed by atoms with van der Waals surface area (Å²) in [5.41, 5.74) is -1.12. The third kappa shape index (κ3) is 8.97. The summed E-state index contributed by atoms with van der Waals surface area (Å²) >= 11 is 0. The average molecular weight is 769 g/mol. The molecule has 298 valence electrons. The van der Waals surface area contributed by atoms with Crippen LogP contribution in [0.25, 0.3) is 11.0 Å². The Balaban J connectivity index is 1.68. The molecule has 0 radical (unpaired) electrons. The fourth-order valence-electron chi connectivity index (χ4n) is 6.15. The minimum atomic E-state index is -2.27. The first-order chi connectivity index (χ1) is 25.9. The first-order valence-corrected chi connectivity index (χ1v) is 17.9. The molecular weight excluding hydrogens is 718 g/mol. The van der Waals surface area contributed by atoms with Crippen molar-refractivity contribution in [3.8, 4) is 11.5 Å². The van der Waals surface area contributed by atoms with Gasteiger partial charge >= 0.3 is 12.2 Å². The van der Waals surface area contributed by atoms with Gasteiger partial charge in [-0.25, -0.2) is 23.4 Å². The monoisotopic (exact) mass is 768 g/mol. The minimum Gasteiger partial charge on any atom is -0.494 e. The number of aliphatic hydroxyl groups excluding tert-OH is 1. The van der Waals surface area contributed by atoms with Crippen LogP contribution in [0.4, 0.5) is 46.9 Å². The van der Waals surface area contributed by atoms with Gasteiger partial charge in [-0.05, 0) is 72.4 Å². The smallest absolute Gasteiger partial charge is 0.424 e. The normalized spacial score (nSPS) is 14.4. The quantitative estimate of drug-likeness (QED) is 0.144. The number of aromatic nitrogens is 1. The number of nitrogens with zero attached hydrogens (tertiary/aromatic N) is 4. The molecule has 2 aromatic carbocycles. The molecule has 1 saturated heterocycles. The number of imide groups is 1. The van der Waals surface area contributed by atoms with Crippen LogP contribution in [0.15, 0.2) is 40.9 Å². The predicted octanol–water partition coefficient (Wildman–Crippen LogP) is 7.81. The van der Waals surface area contributed by atoms with Crippen LogP contribution in [0, 0.1) is 11.6 Å². The molecule has 0 spiro atoms. The summed E-state index contributed by atoms with van der Waals surface area (Å²) in [6.07, 6.45) is -3.39. The zero-order valence-electron chi connectivity index (χ0n) is 32.9. The van der Waals surface area contributed by atoms with Crippen LogP contribution in [0.1, 0.15) is 65.9 Å². The molecule has 14 nitrogen and oxygen atoms in total. The number of furan rings is 1. The molecule has 1 fully saturated rings. The van der Waals surface area contributed by atoms with E-state index < -0.39 is 69.6 Å². The van der Waals surface area contributed by atoms with E-state index in [0.29, 0.717) is 10.6 Å². The Morgan fingerprint density at radius 1 is 0.927 bits per heavy atom. The van der Waals surface area contributed by atoms with Gasteiger partial charge in [0.05, 0.1) is 42.7 Å². The Hall–Kier alpha value is -5.35. The lowest BCUT2D eigenvalue weighted by Gasteiger charge is -2.35. The first-order valence-electron chi connectivity index (χ1n) is 17.9. The molecule has 0 aliphatic carbocycles. The van der Waals surface area contributed by atoms with E-state index in [9.17, 15) is 14.7 Å². The minimum absolute atomic E-state index is 0.0437. The standard InChI is InChI=1S/C39H50F2N6O8/c1-11-45-14-16-46(17-15-45)22-12-13-24(25(18-22)42-8)44-29-19-23-28(21-43-29)53-35(34(48)30-31(40)26(51-9)20-27(52-10)32(30)41)33(23)47(36(49)54-38(2,3)4)37(50)55-39(5,6)7/h12-13,18-21,34,42,48H,11,14-17H2,1-10H3,(H,43,44). The van der Waals surface area contributed by atoms with E-state index in [4.69, 9.17) is 23.4 Å². The van der Waals surface area contributed by atoms with E-state index in [1.807, 2.05) is 18.2 Å². The second-order valence-electron chi connectivity index (χ2n) is 14.9. The lowest BCUT2D eigenvalue weighted by molar-refractivity contribution is 0.0429. The van der Waals surface area contributed by atoms with E-state index in [2.05, 4.69) is 32.3 Å². The Bertz CT molecular complexity index is 1980. The number of carbonyl (C=O) groups excluding carboxylic acids is 2. The number of halogens is 2. The number of fused-ring (bicyclic) bond motifs is 1. The zero-order valence-corrected chi connectivity index (χ0v) is 32.9. The molecule has 55 heavy (non-hydrogen) atoms. The summed E-state index contributed by atoms with van der Waals surface area (Å²) in [6.45, 7) is 16.4. The third-order valence-corrected chi connectivity index (χ3v) is 8.80. The van der Waals surface area contributed by atoms with Crippen molar-refractivity contribution in [1.29, 1.82) is 0 Å². The molecule has 3 N–H and O–H groups in total. The van der Waals surface area contributed by atoms with Gasteiger partial charge in [-0.3, -0.25) is 0 Å². The third-order valence-electron chi connectivity index (χ3n) is 8.80. The van der Waals surface area contributed by atoms with Crippen molar-refractivity contribution in [1.82, 2.24) is 9.88 Å². The summed E-state index contributed by atoms with van der Waals surface area (Å²) in [6, 6.07) is 8.38. The molecule has 0 bridgehead atoms. The van der Waals surface area contributed by atoms with Crippen LogP contribution >= 0.6 is 0 Å². The SMILES string of the molecule is CCN1CCN(c2ccc(Nc3cc4c(N(C(=O)OC(C)(C)C)C(=O)OC(C)(C)C)c(C(O)c5c(F)c(OC)cc(OC)c5F)oc4cn3)c(NC)c2)CC1. The molecule has 3 heterocycles. The molecule has 5 rings (SSSR count). The highest BCUT2D eigenvalue weighted by Gasteiger charge is 2.40. The van der Waals surface area contributed by atoms with Gasteiger partial charge in [-0.1, -0.05) is 6.92 Å². The fraction of sp³-hybridized carbons (Fsp3) is 0.462. The highest BCUT2D eigenvalue weighted by Crippen LogP contribution is 2.45. The van der Waals surface area contributed by atoms with E-state index in [1.165, 1.54) is 12.3 Å². The van der Waals surface area contributed by atoms with Gasteiger partial charge in [0.2, 0.25) is 0 Å². The maximum Gasteiger partial charge on any atom is 0.424 e. The molecular formula is C39H50F2N6O8. The zero-order chi connectivity index (χ0) is 40.4. The number of nitrogens with one attached hydrogen (secondary N) is 2. The number of rotatable bonds is 10. The van der Waals surface area contributed by atoms with Crippen LogP contribution in [0.5, 0.6) is 11.5 Å². The van der Waals surface area contributed by atoms with Gasteiger partial charge in [-0.2, -0.15) is 4.90 Å². The van der Waals surface area contributed by atoms with Gasteiger partial charge < -0.3 is 48.9 Å². The van der Waals surface area contributed by atoms with Crippen molar-refractivity contribution in [3.05, 3.63) is 59.5 Å². The van der Waals surface area contributed by atoms with Crippen molar-refractivity contribution in [3.63, 3.8) is 0 Å². The Kier molecular flexibility index (Phi) is 12.0. The maximum absolute atomic E-state index is 15.8. The lowest BCUT2D eigenvalue weighted by Crippen LogP contribution is -2.46. The van der Waals surface area contributed by atoms with Gasteiger partial charge in [-0.15, -0.1) is 0 Å². The number of likely N-dealkylation sites (N-methyl/N-ethyl adjacent to an activating group) is 1. The van der Waals surface area contributed by atoms with Crippen LogP contribution in [0.2, 0.25) is 0 Å². The van der Waals surface area contributed by atoms with Crippen molar-refractivity contribution in [2.45, 2.75) is 65.8 Å². The Morgan fingerprint density at radius 2 is 1.51 bits per heavy atom.